The second-order valence-corrected chi connectivity index (χ2v) is 8.43. The third-order valence-corrected chi connectivity index (χ3v) is 5.52. The number of allylic oxidation sites excluding steroid dienone is 5. The number of benzene rings is 1. The molecule has 3 N–H and O–H groups in total. The van der Waals surface area contributed by atoms with Gasteiger partial charge in [0.25, 0.3) is 0 Å². The molecule has 4 rings (SSSR count). The number of amides is 2. The molecule has 0 saturated heterocycles. The number of aromatic nitrogens is 6. The summed E-state index contributed by atoms with van der Waals surface area (Å²) in [5.41, 5.74) is 2.15. The van der Waals surface area contributed by atoms with Crippen molar-refractivity contribution in [3.63, 3.8) is 0 Å². The second kappa shape index (κ2) is 12.9. The summed E-state index contributed by atoms with van der Waals surface area (Å²) in [4.78, 5) is 32.5. The molecule has 1 aliphatic heterocycles. The standard InChI is InChI=1S/C26H25ClN8O2/c27-20-12-13-23(35-18-30-33-34-35)19(16-20)11-14-25(37)32-22-9-5-3-6-10-24(36)28-15-7-2-1-4-8-21-17-29-26(22)31-21/h1-5,7-8,11-18,22H,6,9-10H2,(H,28,36)(H,29,31)(H,32,37). The van der Waals surface area contributed by atoms with E-state index in [2.05, 4.69) is 36.1 Å². The zero-order valence-corrected chi connectivity index (χ0v) is 20.5. The number of aromatic amines is 1. The van der Waals surface area contributed by atoms with E-state index in [0.29, 0.717) is 41.4 Å². The van der Waals surface area contributed by atoms with Crippen LogP contribution in [0.3, 0.4) is 0 Å². The van der Waals surface area contributed by atoms with E-state index in [-0.39, 0.29) is 11.8 Å². The average molecular weight is 517 g/mol. The van der Waals surface area contributed by atoms with Crippen LogP contribution in [0.25, 0.3) is 17.8 Å². The molecule has 0 spiro atoms. The number of imidazole rings is 1. The number of nitrogens with zero attached hydrogens (tertiary/aromatic N) is 5. The molecule has 2 bridgehead atoms. The van der Waals surface area contributed by atoms with Crippen LogP contribution in [-0.4, -0.2) is 42.0 Å². The lowest BCUT2D eigenvalue weighted by Gasteiger charge is -2.14. The van der Waals surface area contributed by atoms with E-state index in [4.69, 9.17) is 11.6 Å². The van der Waals surface area contributed by atoms with Gasteiger partial charge in [-0.1, -0.05) is 42.0 Å². The first-order valence-electron chi connectivity index (χ1n) is 11.6. The van der Waals surface area contributed by atoms with E-state index in [9.17, 15) is 9.59 Å². The maximum Gasteiger partial charge on any atom is 0.244 e. The summed E-state index contributed by atoms with van der Waals surface area (Å²) in [6.45, 7) is 0. The first-order valence-corrected chi connectivity index (χ1v) is 12.0. The molecule has 2 aromatic heterocycles. The van der Waals surface area contributed by atoms with Crippen molar-refractivity contribution in [3.8, 4) is 5.69 Å². The van der Waals surface area contributed by atoms with Crippen LogP contribution in [0.15, 0.2) is 79.5 Å². The number of nitrogens with one attached hydrogen (secondary N) is 3. The predicted molar refractivity (Wildman–Crippen MR) is 141 cm³/mol. The molecule has 1 aliphatic rings. The van der Waals surface area contributed by atoms with Crippen LogP contribution in [0.5, 0.6) is 0 Å². The number of tetrazole rings is 1. The SMILES string of the molecule is O=C(C=Cc1cc(Cl)ccc1-n1cnnn1)NC1CC=CCCC(=O)NC=CC=CC=Cc2cnc1[nH]2. The Kier molecular flexibility index (Phi) is 8.92. The van der Waals surface area contributed by atoms with Crippen molar-refractivity contribution in [1.82, 2.24) is 40.8 Å². The molecule has 0 aliphatic carbocycles. The smallest absolute Gasteiger partial charge is 0.244 e. The lowest BCUT2D eigenvalue weighted by molar-refractivity contribution is -0.120. The fourth-order valence-electron chi connectivity index (χ4n) is 3.50. The van der Waals surface area contributed by atoms with Gasteiger partial charge in [0.05, 0.1) is 23.6 Å². The monoisotopic (exact) mass is 516 g/mol. The van der Waals surface area contributed by atoms with Gasteiger partial charge >= 0.3 is 0 Å². The van der Waals surface area contributed by atoms with Crippen LogP contribution in [0, 0.1) is 0 Å². The second-order valence-electron chi connectivity index (χ2n) is 7.99. The van der Waals surface area contributed by atoms with Gasteiger partial charge in [-0.3, -0.25) is 9.59 Å². The Morgan fingerprint density at radius 2 is 2.08 bits per heavy atom. The molecule has 1 atom stereocenters. The topological polar surface area (TPSA) is 130 Å². The minimum absolute atomic E-state index is 0.0681. The summed E-state index contributed by atoms with van der Waals surface area (Å²) in [5.74, 6) is 0.240. The van der Waals surface area contributed by atoms with E-state index in [1.807, 2.05) is 36.5 Å². The molecule has 1 aromatic carbocycles. The van der Waals surface area contributed by atoms with Gasteiger partial charge in [-0.05, 0) is 59.7 Å². The number of carbonyl (C=O) groups excluding carboxylic acids is 2. The van der Waals surface area contributed by atoms with Crippen molar-refractivity contribution in [2.24, 2.45) is 0 Å². The summed E-state index contributed by atoms with van der Waals surface area (Å²) in [7, 11) is 0. The molecule has 37 heavy (non-hydrogen) atoms. The zero-order chi connectivity index (χ0) is 25.9. The van der Waals surface area contributed by atoms with Crippen molar-refractivity contribution >= 4 is 35.6 Å². The molecule has 0 fully saturated rings. The lowest BCUT2D eigenvalue weighted by Crippen LogP contribution is -2.27. The van der Waals surface area contributed by atoms with E-state index < -0.39 is 6.04 Å². The molecule has 11 heteroatoms. The van der Waals surface area contributed by atoms with E-state index in [1.54, 1.807) is 42.7 Å². The molecule has 188 valence electrons. The Labute approximate surface area is 218 Å². The third kappa shape index (κ3) is 7.71. The average Bonchev–Trinajstić information content (AvgIpc) is 3.58. The molecule has 3 aromatic rings. The van der Waals surface area contributed by atoms with Crippen LogP contribution in [-0.2, 0) is 9.59 Å². The van der Waals surface area contributed by atoms with Crippen molar-refractivity contribution in [2.45, 2.75) is 25.3 Å². The zero-order valence-electron chi connectivity index (χ0n) is 19.8. The Bertz CT molecular complexity index is 1370. The van der Waals surface area contributed by atoms with Crippen molar-refractivity contribution < 1.29 is 9.59 Å². The summed E-state index contributed by atoms with van der Waals surface area (Å²) in [5, 5.41) is 17.5. The molecular formula is C26H25ClN8O2. The van der Waals surface area contributed by atoms with Crippen molar-refractivity contribution in [3.05, 3.63) is 102 Å². The Balaban J connectivity index is 1.51. The maximum atomic E-state index is 12.9. The molecule has 0 radical (unpaired) electrons. The maximum absolute atomic E-state index is 12.9. The van der Waals surface area contributed by atoms with Gasteiger partial charge in [0, 0.05) is 29.3 Å². The van der Waals surface area contributed by atoms with Crippen LogP contribution in [0.2, 0.25) is 5.02 Å². The van der Waals surface area contributed by atoms with Crippen molar-refractivity contribution in [2.75, 3.05) is 0 Å². The van der Waals surface area contributed by atoms with Gasteiger partial charge in [0.1, 0.15) is 12.2 Å². The first-order chi connectivity index (χ1) is 18.1. The van der Waals surface area contributed by atoms with Gasteiger partial charge in [0.15, 0.2) is 0 Å². The Morgan fingerprint density at radius 3 is 2.95 bits per heavy atom. The first kappa shape index (κ1) is 25.5. The third-order valence-electron chi connectivity index (χ3n) is 5.29. The minimum Gasteiger partial charge on any atom is -0.342 e. The normalized spacial score (nSPS) is 16.6. The van der Waals surface area contributed by atoms with Crippen LogP contribution in [0.4, 0.5) is 0 Å². The van der Waals surface area contributed by atoms with Crippen molar-refractivity contribution in [1.29, 1.82) is 0 Å². The molecular weight excluding hydrogens is 492 g/mol. The number of fused-ring (bicyclic) bond motifs is 2. The fourth-order valence-corrected chi connectivity index (χ4v) is 3.68. The van der Waals surface area contributed by atoms with E-state index in [0.717, 1.165) is 5.69 Å². The summed E-state index contributed by atoms with van der Waals surface area (Å²) in [6, 6.07) is 4.82. The predicted octanol–water partition coefficient (Wildman–Crippen LogP) is 3.85. The number of hydrogen-bond acceptors (Lipinski definition) is 6. The lowest BCUT2D eigenvalue weighted by atomic mass is 10.1. The highest BCUT2D eigenvalue weighted by atomic mass is 35.5. The summed E-state index contributed by atoms with van der Waals surface area (Å²) in [6.07, 6.45) is 22.3. The number of H-pyrrole nitrogens is 1. The fraction of sp³-hybridized carbons (Fsp3) is 0.154. The number of rotatable bonds is 4. The Morgan fingerprint density at radius 1 is 1.19 bits per heavy atom. The minimum atomic E-state index is -0.407. The van der Waals surface area contributed by atoms with Crippen LogP contribution < -0.4 is 10.6 Å². The number of hydrogen-bond donors (Lipinski definition) is 3. The molecule has 2 amide bonds. The molecule has 3 heterocycles. The quantitative estimate of drug-likeness (QED) is 0.356. The molecule has 0 saturated carbocycles. The highest BCUT2D eigenvalue weighted by Gasteiger charge is 2.16. The van der Waals surface area contributed by atoms with Gasteiger partial charge < -0.3 is 15.6 Å². The highest BCUT2D eigenvalue weighted by Crippen LogP contribution is 2.21. The van der Waals surface area contributed by atoms with Gasteiger partial charge in [-0.25, -0.2) is 4.98 Å². The van der Waals surface area contributed by atoms with Crippen LogP contribution in [0.1, 0.15) is 42.4 Å². The molecule has 10 nitrogen and oxygen atoms in total. The Hall–Kier alpha value is -4.57. The highest BCUT2D eigenvalue weighted by molar-refractivity contribution is 6.30. The number of carbonyl (C=O) groups is 2. The molecule has 1 unspecified atom stereocenters. The van der Waals surface area contributed by atoms with Gasteiger partial charge in [-0.15, -0.1) is 5.10 Å². The largest absolute Gasteiger partial charge is 0.342 e. The van der Waals surface area contributed by atoms with E-state index in [1.165, 1.54) is 17.1 Å². The van der Waals surface area contributed by atoms with Crippen LogP contribution >= 0.6 is 11.6 Å². The van der Waals surface area contributed by atoms with Gasteiger partial charge in [0.2, 0.25) is 11.8 Å². The van der Waals surface area contributed by atoms with Gasteiger partial charge in [-0.2, -0.15) is 4.68 Å². The number of halogens is 1. The van der Waals surface area contributed by atoms with E-state index >= 15 is 0 Å². The summed E-state index contributed by atoms with van der Waals surface area (Å²) < 4.78 is 1.49. The summed E-state index contributed by atoms with van der Waals surface area (Å²) >= 11 is 6.17.